The first-order valence-electron chi connectivity index (χ1n) is 9.83. The van der Waals surface area contributed by atoms with E-state index in [9.17, 15) is 18.0 Å². The number of amides is 1. The van der Waals surface area contributed by atoms with Crippen molar-refractivity contribution >= 4 is 38.3 Å². The smallest absolute Gasteiger partial charge is 0.322 e. The van der Waals surface area contributed by atoms with Gasteiger partial charge in [-0.15, -0.1) is 0 Å². The second-order valence-electron chi connectivity index (χ2n) is 7.50. The summed E-state index contributed by atoms with van der Waals surface area (Å²) < 4.78 is 30.9. The molecule has 9 heteroatoms. The molecule has 0 saturated heterocycles. The van der Waals surface area contributed by atoms with Crippen LogP contribution in [0.25, 0.3) is 11.0 Å². The number of para-hydroxylation sites is 1. The Bertz CT molecular complexity index is 1500. The van der Waals surface area contributed by atoms with Crippen molar-refractivity contribution in [3.8, 4) is 0 Å². The predicted octanol–water partition coefficient (Wildman–Crippen LogP) is 3.24. The quantitative estimate of drug-likeness (QED) is 0.487. The molecule has 0 saturated carbocycles. The van der Waals surface area contributed by atoms with E-state index in [0.29, 0.717) is 22.5 Å². The van der Waals surface area contributed by atoms with Crippen LogP contribution in [0.1, 0.15) is 15.9 Å². The number of sulfonamides is 1. The molecule has 0 aliphatic rings. The number of imidazole rings is 1. The minimum Gasteiger partial charge on any atom is -0.322 e. The van der Waals surface area contributed by atoms with Gasteiger partial charge in [0, 0.05) is 25.3 Å². The number of fused-ring (bicyclic) bond motifs is 1. The molecule has 0 fully saturated rings. The highest BCUT2D eigenvalue weighted by molar-refractivity contribution is 7.92. The fraction of sp³-hybridized carbons (Fsp3) is 0.130. The number of nitrogens with one attached hydrogen (secondary N) is 2. The number of rotatable bonds is 5. The largest absolute Gasteiger partial charge is 0.328 e. The maximum atomic E-state index is 12.7. The van der Waals surface area contributed by atoms with Crippen molar-refractivity contribution in [2.24, 2.45) is 14.1 Å². The van der Waals surface area contributed by atoms with Gasteiger partial charge in [0.2, 0.25) is 0 Å². The van der Waals surface area contributed by atoms with Crippen LogP contribution in [0.5, 0.6) is 0 Å². The lowest BCUT2D eigenvalue weighted by molar-refractivity contribution is 0.102. The number of hydrogen-bond donors (Lipinski definition) is 2. The zero-order valence-corrected chi connectivity index (χ0v) is 18.6. The first-order valence-corrected chi connectivity index (χ1v) is 11.3. The fourth-order valence-corrected chi connectivity index (χ4v) is 4.60. The Balaban J connectivity index is 1.53. The molecule has 0 aliphatic heterocycles. The van der Waals surface area contributed by atoms with Crippen LogP contribution in [-0.4, -0.2) is 23.5 Å². The van der Waals surface area contributed by atoms with Gasteiger partial charge in [0.1, 0.15) is 0 Å². The molecule has 0 spiro atoms. The van der Waals surface area contributed by atoms with Crippen LogP contribution in [0.4, 0.5) is 11.4 Å². The molecular formula is C23H22N4O4S. The van der Waals surface area contributed by atoms with Gasteiger partial charge in [0.05, 0.1) is 21.6 Å². The molecule has 1 heterocycles. The number of aromatic nitrogens is 2. The summed E-state index contributed by atoms with van der Waals surface area (Å²) in [6.45, 7) is 1.82. The maximum absolute atomic E-state index is 12.7. The van der Waals surface area contributed by atoms with Gasteiger partial charge < -0.3 is 5.32 Å². The van der Waals surface area contributed by atoms with Crippen LogP contribution >= 0.6 is 0 Å². The third-order valence-corrected chi connectivity index (χ3v) is 6.73. The summed E-state index contributed by atoms with van der Waals surface area (Å²) in [5.74, 6) is -0.388. The summed E-state index contributed by atoms with van der Waals surface area (Å²) in [5, 5.41) is 2.78. The van der Waals surface area contributed by atoms with E-state index in [0.717, 1.165) is 11.1 Å². The van der Waals surface area contributed by atoms with Crippen molar-refractivity contribution in [1.29, 1.82) is 0 Å². The molecule has 0 radical (unpaired) electrons. The molecular weight excluding hydrogens is 428 g/mol. The lowest BCUT2D eigenvalue weighted by Gasteiger charge is -2.11. The zero-order valence-electron chi connectivity index (χ0n) is 17.8. The maximum Gasteiger partial charge on any atom is 0.328 e. The Labute approximate surface area is 185 Å². The number of benzene rings is 3. The third kappa shape index (κ3) is 3.90. The van der Waals surface area contributed by atoms with Crippen LogP contribution in [-0.2, 0) is 24.1 Å². The minimum absolute atomic E-state index is 0.0537. The lowest BCUT2D eigenvalue weighted by atomic mass is 10.2. The average Bonchev–Trinajstić information content (AvgIpc) is 2.99. The van der Waals surface area contributed by atoms with Crippen LogP contribution in [0, 0.1) is 6.92 Å². The molecule has 2 N–H and O–H groups in total. The Hall–Kier alpha value is -3.85. The molecule has 4 aromatic rings. The summed E-state index contributed by atoms with van der Waals surface area (Å²) in [4.78, 5) is 24.8. The zero-order chi connectivity index (χ0) is 23.0. The molecule has 32 heavy (non-hydrogen) atoms. The van der Waals surface area contributed by atoms with Crippen molar-refractivity contribution in [2.45, 2.75) is 11.8 Å². The summed E-state index contributed by atoms with van der Waals surface area (Å²) in [5.41, 5.74) is 3.44. The van der Waals surface area contributed by atoms with Gasteiger partial charge in [-0.2, -0.15) is 0 Å². The highest BCUT2D eigenvalue weighted by Gasteiger charge is 2.16. The molecule has 1 aromatic heterocycles. The van der Waals surface area contributed by atoms with Crippen LogP contribution in [0.2, 0.25) is 0 Å². The van der Waals surface area contributed by atoms with Gasteiger partial charge in [0.25, 0.3) is 15.9 Å². The van der Waals surface area contributed by atoms with Gasteiger partial charge in [-0.25, -0.2) is 13.2 Å². The number of carbonyl (C=O) groups excluding carboxylic acids is 1. The number of anilines is 2. The number of aryl methyl sites for hydroxylation is 3. The van der Waals surface area contributed by atoms with E-state index >= 15 is 0 Å². The van der Waals surface area contributed by atoms with Crippen molar-refractivity contribution < 1.29 is 13.2 Å². The van der Waals surface area contributed by atoms with E-state index in [2.05, 4.69) is 10.0 Å². The Morgan fingerprint density at radius 1 is 0.875 bits per heavy atom. The van der Waals surface area contributed by atoms with Gasteiger partial charge in [-0.3, -0.25) is 18.7 Å². The fourth-order valence-electron chi connectivity index (χ4n) is 3.46. The van der Waals surface area contributed by atoms with E-state index in [-0.39, 0.29) is 16.5 Å². The van der Waals surface area contributed by atoms with Crippen molar-refractivity contribution in [1.82, 2.24) is 9.13 Å². The van der Waals surface area contributed by atoms with E-state index in [1.807, 2.05) is 19.1 Å². The summed E-state index contributed by atoms with van der Waals surface area (Å²) in [6.07, 6.45) is 0. The summed E-state index contributed by atoms with van der Waals surface area (Å²) in [7, 11) is -0.430. The number of carbonyl (C=O) groups is 1. The first kappa shape index (κ1) is 21.4. The molecule has 0 bridgehead atoms. The topological polar surface area (TPSA) is 102 Å². The van der Waals surface area contributed by atoms with E-state index in [1.165, 1.54) is 33.4 Å². The van der Waals surface area contributed by atoms with Crippen molar-refractivity contribution in [2.75, 3.05) is 10.0 Å². The lowest BCUT2D eigenvalue weighted by Crippen LogP contribution is -2.19. The molecule has 0 aliphatic carbocycles. The van der Waals surface area contributed by atoms with Gasteiger partial charge >= 0.3 is 5.69 Å². The Morgan fingerprint density at radius 3 is 2.22 bits per heavy atom. The Morgan fingerprint density at radius 2 is 1.53 bits per heavy atom. The molecule has 0 unspecified atom stereocenters. The Kier molecular flexibility index (Phi) is 5.35. The molecule has 3 aromatic carbocycles. The SMILES string of the molecule is Cc1ccccc1NS(=O)(=O)c1ccc(C(=O)Nc2ccc3c(c2)n(C)c(=O)n3C)cc1. The first-order chi connectivity index (χ1) is 15.2. The molecule has 8 nitrogen and oxygen atoms in total. The highest BCUT2D eigenvalue weighted by Crippen LogP contribution is 2.21. The second-order valence-corrected chi connectivity index (χ2v) is 9.19. The molecule has 0 atom stereocenters. The third-order valence-electron chi connectivity index (χ3n) is 5.35. The standard InChI is InChI=1S/C23H22N4O4S/c1-15-6-4-5-7-19(15)25-32(30,31)18-11-8-16(9-12-18)22(28)24-17-10-13-20-21(14-17)27(3)23(29)26(20)2/h4-14,25H,1-3H3,(H,24,28). The monoisotopic (exact) mass is 450 g/mol. The van der Waals surface area contributed by atoms with Crippen molar-refractivity contribution in [3.63, 3.8) is 0 Å². The normalized spacial score (nSPS) is 11.5. The highest BCUT2D eigenvalue weighted by atomic mass is 32.2. The number of nitrogens with zero attached hydrogens (tertiary/aromatic N) is 2. The predicted molar refractivity (Wildman–Crippen MR) is 125 cm³/mol. The molecule has 1 amide bonds. The van der Waals surface area contributed by atoms with Crippen molar-refractivity contribution in [3.05, 3.63) is 88.3 Å². The molecule has 164 valence electrons. The van der Waals surface area contributed by atoms with Gasteiger partial charge in [-0.1, -0.05) is 18.2 Å². The van der Waals surface area contributed by atoms with Gasteiger partial charge in [0.15, 0.2) is 0 Å². The number of hydrogen-bond acceptors (Lipinski definition) is 4. The van der Waals surface area contributed by atoms with Crippen LogP contribution in [0.15, 0.2) is 76.4 Å². The average molecular weight is 451 g/mol. The molecule has 4 rings (SSSR count). The van der Waals surface area contributed by atoms with E-state index < -0.39 is 10.0 Å². The van der Waals surface area contributed by atoms with Crippen LogP contribution in [0.3, 0.4) is 0 Å². The summed E-state index contributed by atoms with van der Waals surface area (Å²) in [6, 6.07) is 18.0. The van der Waals surface area contributed by atoms with Gasteiger partial charge in [-0.05, 0) is 61.0 Å². The minimum atomic E-state index is -3.78. The van der Waals surface area contributed by atoms with E-state index in [1.54, 1.807) is 44.4 Å². The summed E-state index contributed by atoms with van der Waals surface area (Å²) >= 11 is 0. The van der Waals surface area contributed by atoms with E-state index in [4.69, 9.17) is 0 Å². The second kappa shape index (κ2) is 8.01. The van der Waals surface area contributed by atoms with Crippen LogP contribution < -0.4 is 15.7 Å².